The minimum absolute atomic E-state index is 0.148. The molecular weight excluding hydrogens is 331 g/mol. The molecule has 2 aromatic rings. The second-order valence-electron chi connectivity index (χ2n) is 4.80. The molecule has 0 aliphatic rings. The number of hydrogen-bond donors (Lipinski definition) is 2. The number of hydrogen-bond acceptors (Lipinski definition) is 5. The maximum absolute atomic E-state index is 12.8. The molecule has 0 aliphatic heterocycles. The Bertz CT molecular complexity index is 821. The van der Waals surface area contributed by atoms with E-state index < -0.39 is 22.6 Å². The quantitative estimate of drug-likeness (QED) is 0.471. The van der Waals surface area contributed by atoms with Gasteiger partial charge in [0.2, 0.25) is 0 Å². The van der Waals surface area contributed by atoms with Gasteiger partial charge in [0, 0.05) is 11.6 Å². The van der Waals surface area contributed by atoms with Crippen LogP contribution in [-0.4, -0.2) is 29.5 Å². The minimum Gasteiger partial charge on any atom is -0.343 e. The van der Waals surface area contributed by atoms with Crippen LogP contribution in [0.15, 0.2) is 53.6 Å². The fraction of sp³-hybridized carbons (Fsp3) is 0.0625. The highest BCUT2D eigenvalue weighted by molar-refractivity contribution is 5.96. The summed E-state index contributed by atoms with van der Waals surface area (Å²) < 4.78 is 12.8. The summed E-state index contributed by atoms with van der Waals surface area (Å²) >= 11 is 0. The number of nitro groups is 1. The summed E-state index contributed by atoms with van der Waals surface area (Å²) in [5, 5.41) is 16.8. The number of carbonyl (C=O) groups excluding carboxylic acids is 2. The first-order valence-corrected chi connectivity index (χ1v) is 7.06. The van der Waals surface area contributed by atoms with Crippen molar-refractivity contribution < 1.29 is 18.9 Å². The lowest BCUT2D eigenvalue weighted by Crippen LogP contribution is -2.34. The first-order valence-electron chi connectivity index (χ1n) is 7.06. The lowest BCUT2D eigenvalue weighted by molar-refractivity contribution is -0.385. The monoisotopic (exact) mass is 344 g/mol. The molecule has 0 fully saturated rings. The van der Waals surface area contributed by atoms with Crippen LogP contribution >= 0.6 is 0 Å². The fourth-order valence-corrected chi connectivity index (χ4v) is 1.84. The van der Waals surface area contributed by atoms with Crippen LogP contribution in [0.1, 0.15) is 15.9 Å². The molecule has 2 rings (SSSR count). The maximum atomic E-state index is 12.8. The lowest BCUT2D eigenvalue weighted by Gasteiger charge is -2.04. The zero-order valence-electron chi connectivity index (χ0n) is 12.8. The van der Waals surface area contributed by atoms with Gasteiger partial charge in [-0.2, -0.15) is 5.10 Å². The van der Waals surface area contributed by atoms with E-state index in [-0.39, 0.29) is 23.4 Å². The van der Waals surface area contributed by atoms with Gasteiger partial charge in [0.15, 0.2) is 0 Å². The second kappa shape index (κ2) is 8.29. The third kappa shape index (κ3) is 5.20. The average Bonchev–Trinajstić information content (AvgIpc) is 2.60. The Morgan fingerprint density at radius 2 is 1.84 bits per heavy atom. The lowest BCUT2D eigenvalue weighted by atomic mass is 10.2. The highest BCUT2D eigenvalue weighted by atomic mass is 19.1. The van der Waals surface area contributed by atoms with Gasteiger partial charge >= 0.3 is 0 Å². The number of hydrazone groups is 1. The summed E-state index contributed by atoms with van der Waals surface area (Å²) in [6.45, 7) is -0.357. The van der Waals surface area contributed by atoms with Gasteiger partial charge in [0.25, 0.3) is 17.5 Å². The molecule has 0 unspecified atom stereocenters. The van der Waals surface area contributed by atoms with E-state index in [4.69, 9.17) is 0 Å². The molecule has 2 N–H and O–H groups in total. The Morgan fingerprint density at radius 3 is 2.52 bits per heavy atom. The van der Waals surface area contributed by atoms with E-state index in [2.05, 4.69) is 15.8 Å². The second-order valence-corrected chi connectivity index (χ2v) is 4.80. The molecule has 0 bridgehead atoms. The van der Waals surface area contributed by atoms with E-state index in [1.54, 1.807) is 6.07 Å². The van der Waals surface area contributed by atoms with Gasteiger partial charge in [-0.15, -0.1) is 0 Å². The van der Waals surface area contributed by atoms with Crippen molar-refractivity contribution in [1.29, 1.82) is 0 Å². The molecule has 0 atom stereocenters. The highest BCUT2D eigenvalue weighted by Gasteiger charge is 2.10. The molecule has 0 spiro atoms. The standard InChI is InChI=1S/C16H13FN4O4/c17-13-7-5-11(6-8-13)16(23)18-10-15(22)20-19-9-12-3-1-2-4-14(12)21(24)25/h1-9H,10H2,(H,18,23)(H,20,22)/b19-9+. The predicted octanol–water partition coefficient (Wildman–Crippen LogP) is 1.61. The van der Waals surface area contributed by atoms with Crippen LogP contribution in [0.3, 0.4) is 0 Å². The smallest absolute Gasteiger partial charge is 0.278 e. The molecule has 0 radical (unpaired) electrons. The van der Waals surface area contributed by atoms with Gasteiger partial charge in [0.1, 0.15) is 5.82 Å². The van der Waals surface area contributed by atoms with E-state index in [9.17, 15) is 24.1 Å². The number of amides is 2. The van der Waals surface area contributed by atoms with Crippen molar-refractivity contribution in [3.05, 3.63) is 75.6 Å². The van der Waals surface area contributed by atoms with Gasteiger partial charge in [-0.1, -0.05) is 12.1 Å². The number of nitrogens with zero attached hydrogens (tertiary/aromatic N) is 2. The topological polar surface area (TPSA) is 114 Å². The number of benzene rings is 2. The fourth-order valence-electron chi connectivity index (χ4n) is 1.84. The summed E-state index contributed by atoms with van der Waals surface area (Å²) in [7, 11) is 0. The van der Waals surface area contributed by atoms with Crippen LogP contribution in [0.2, 0.25) is 0 Å². The summed E-state index contributed by atoms with van der Waals surface area (Å²) in [5.74, 6) is -1.64. The normalized spacial score (nSPS) is 10.4. The van der Waals surface area contributed by atoms with Crippen LogP contribution in [0.5, 0.6) is 0 Å². The molecular formula is C16H13FN4O4. The van der Waals surface area contributed by atoms with E-state index in [0.29, 0.717) is 0 Å². The molecule has 2 aromatic carbocycles. The molecule has 9 heteroatoms. The molecule has 128 valence electrons. The number of carbonyl (C=O) groups is 2. The van der Waals surface area contributed by atoms with Crippen LogP contribution in [-0.2, 0) is 4.79 Å². The molecule has 2 amide bonds. The summed E-state index contributed by atoms with van der Waals surface area (Å²) in [6, 6.07) is 10.7. The maximum Gasteiger partial charge on any atom is 0.278 e. The Labute approximate surface area is 141 Å². The Kier molecular flexibility index (Phi) is 5.88. The molecule has 8 nitrogen and oxygen atoms in total. The number of rotatable bonds is 6. The highest BCUT2D eigenvalue weighted by Crippen LogP contribution is 2.14. The van der Waals surface area contributed by atoms with Crippen LogP contribution in [0.4, 0.5) is 10.1 Å². The van der Waals surface area contributed by atoms with Gasteiger partial charge in [-0.25, -0.2) is 9.82 Å². The van der Waals surface area contributed by atoms with Crippen LogP contribution in [0.25, 0.3) is 0 Å². The number of halogens is 1. The predicted molar refractivity (Wildman–Crippen MR) is 87.6 cm³/mol. The largest absolute Gasteiger partial charge is 0.343 e. The van der Waals surface area contributed by atoms with Crippen LogP contribution < -0.4 is 10.7 Å². The Hall–Kier alpha value is -3.62. The number of para-hydroxylation sites is 1. The van der Waals surface area contributed by atoms with Crippen molar-refractivity contribution >= 4 is 23.7 Å². The number of nitrogens with one attached hydrogen (secondary N) is 2. The van der Waals surface area contributed by atoms with E-state index in [1.807, 2.05) is 0 Å². The SMILES string of the molecule is O=C(CNC(=O)c1ccc(F)cc1)N/N=C/c1ccccc1[N+](=O)[O-]. The summed E-state index contributed by atoms with van der Waals surface area (Å²) in [5.41, 5.74) is 2.43. The van der Waals surface area contributed by atoms with Crippen molar-refractivity contribution in [1.82, 2.24) is 10.7 Å². The van der Waals surface area contributed by atoms with Crippen molar-refractivity contribution in [2.45, 2.75) is 0 Å². The van der Waals surface area contributed by atoms with Crippen molar-refractivity contribution in [3.63, 3.8) is 0 Å². The molecule has 0 saturated heterocycles. The van der Waals surface area contributed by atoms with E-state index in [1.165, 1.54) is 30.3 Å². The third-order valence-electron chi connectivity index (χ3n) is 3.04. The minimum atomic E-state index is -0.620. The van der Waals surface area contributed by atoms with Crippen molar-refractivity contribution in [2.75, 3.05) is 6.54 Å². The Balaban J connectivity index is 1.86. The first-order chi connectivity index (χ1) is 12.0. The van der Waals surface area contributed by atoms with Gasteiger partial charge < -0.3 is 5.32 Å². The molecule has 0 aromatic heterocycles. The molecule has 25 heavy (non-hydrogen) atoms. The van der Waals surface area contributed by atoms with Gasteiger partial charge in [0.05, 0.1) is 23.2 Å². The summed E-state index contributed by atoms with van der Waals surface area (Å²) in [6.07, 6.45) is 1.14. The van der Waals surface area contributed by atoms with E-state index >= 15 is 0 Å². The van der Waals surface area contributed by atoms with Gasteiger partial charge in [-0.3, -0.25) is 19.7 Å². The molecule has 0 saturated carbocycles. The number of nitro benzene ring substituents is 1. The Morgan fingerprint density at radius 1 is 1.16 bits per heavy atom. The van der Waals surface area contributed by atoms with Gasteiger partial charge in [-0.05, 0) is 30.3 Å². The van der Waals surface area contributed by atoms with Crippen molar-refractivity contribution in [3.8, 4) is 0 Å². The van der Waals surface area contributed by atoms with Crippen molar-refractivity contribution in [2.24, 2.45) is 5.10 Å². The zero-order valence-corrected chi connectivity index (χ0v) is 12.8. The third-order valence-corrected chi connectivity index (χ3v) is 3.04. The first kappa shape index (κ1) is 17.7. The molecule has 0 aliphatic carbocycles. The van der Waals surface area contributed by atoms with Crippen LogP contribution in [0, 0.1) is 15.9 Å². The average molecular weight is 344 g/mol. The summed E-state index contributed by atoms with van der Waals surface area (Å²) in [4.78, 5) is 33.6. The van der Waals surface area contributed by atoms with E-state index in [0.717, 1.165) is 18.3 Å². The molecule has 0 heterocycles. The zero-order chi connectivity index (χ0) is 18.2.